The number of halogens is 2. The number of aliphatic hydroxyl groups is 1. The Morgan fingerprint density at radius 1 is 1.34 bits per heavy atom. The Morgan fingerprint density at radius 3 is 2.71 bits per heavy atom. The van der Waals surface area contributed by atoms with Gasteiger partial charge in [-0.25, -0.2) is 19.2 Å². The van der Waals surface area contributed by atoms with Crippen molar-refractivity contribution < 1.29 is 19.4 Å². The number of allylic oxidation sites excluding steroid dienone is 2. The predicted octanol–water partition coefficient (Wildman–Crippen LogP) is 3.66. The van der Waals surface area contributed by atoms with Gasteiger partial charge in [0.2, 0.25) is 5.95 Å². The minimum absolute atomic E-state index is 0.0576. The van der Waals surface area contributed by atoms with Crippen molar-refractivity contribution in [1.82, 2.24) is 14.5 Å². The molecular formula is C24H21ClFN5O4. The smallest absolute Gasteiger partial charge is 0.354 e. The van der Waals surface area contributed by atoms with Gasteiger partial charge < -0.3 is 20.1 Å². The van der Waals surface area contributed by atoms with Crippen molar-refractivity contribution in [2.75, 3.05) is 11.9 Å². The Balaban J connectivity index is 1.90. The molecule has 180 valence electrons. The number of aliphatic hydroxyl groups excluding tert-OH is 1. The van der Waals surface area contributed by atoms with E-state index in [2.05, 4.69) is 27.0 Å². The lowest BCUT2D eigenvalue weighted by Gasteiger charge is -2.18. The quantitative estimate of drug-likeness (QED) is 0.233. The van der Waals surface area contributed by atoms with Crippen LogP contribution >= 0.6 is 11.6 Å². The molecule has 0 bridgehead atoms. The van der Waals surface area contributed by atoms with E-state index in [0.29, 0.717) is 22.5 Å². The maximum absolute atomic E-state index is 13.9. The van der Waals surface area contributed by atoms with Crippen molar-refractivity contribution in [1.29, 1.82) is 0 Å². The van der Waals surface area contributed by atoms with Gasteiger partial charge in [-0.3, -0.25) is 9.79 Å². The number of pyridine rings is 1. The Kier molecular flexibility index (Phi) is 8.24. The standard InChI is InChI=1S/C24H21ClFN5O4/c1-3-16(12-20(27-2)23(34)35)29-24-28-8-6-19(30-24)14-7-9-31(22(33)11-14)21(13-32)15-4-5-17(25)18(26)10-15/h3-12,21,32H,2,13H2,1H3,(H,34,35)(H,28,29,30)/b16-3+,20-12-/t21-/m1/s1. The molecule has 0 unspecified atom stereocenters. The van der Waals surface area contributed by atoms with E-state index in [1.807, 2.05) is 0 Å². The van der Waals surface area contributed by atoms with Gasteiger partial charge in [0.15, 0.2) is 0 Å². The van der Waals surface area contributed by atoms with Crippen molar-refractivity contribution >= 4 is 30.2 Å². The molecule has 35 heavy (non-hydrogen) atoms. The number of nitrogens with zero attached hydrogens (tertiary/aromatic N) is 4. The number of anilines is 1. The third-order valence-corrected chi connectivity index (χ3v) is 5.29. The average Bonchev–Trinajstić information content (AvgIpc) is 2.85. The highest BCUT2D eigenvalue weighted by atomic mass is 35.5. The summed E-state index contributed by atoms with van der Waals surface area (Å²) in [6.45, 7) is 4.49. The number of carboxylic acids is 1. The van der Waals surface area contributed by atoms with Crippen LogP contribution in [-0.2, 0) is 4.79 Å². The molecular weight excluding hydrogens is 477 g/mol. The minimum Gasteiger partial charge on any atom is -0.477 e. The van der Waals surface area contributed by atoms with Gasteiger partial charge in [-0.15, -0.1) is 0 Å². The van der Waals surface area contributed by atoms with Crippen LogP contribution < -0.4 is 10.9 Å². The molecule has 0 amide bonds. The lowest BCUT2D eigenvalue weighted by Crippen LogP contribution is -2.27. The highest BCUT2D eigenvalue weighted by Gasteiger charge is 2.17. The summed E-state index contributed by atoms with van der Waals surface area (Å²) in [5.74, 6) is -1.73. The normalized spacial score (nSPS) is 12.8. The number of carbonyl (C=O) groups is 1. The third-order valence-electron chi connectivity index (χ3n) is 4.99. The third kappa shape index (κ3) is 6.05. The van der Waals surface area contributed by atoms with E-state index < -0.39 is 30.0 Å². The second-order valence-electron chi connectivity index (χ2n) is 7.16. The van der Waals surface area contributed by atoms with Crippen LogP contribution in [0.15, 0.2) is 82.1 Å². The molecule has 11 heteroatoms. The fraction of sp³-hybridized carbons (Fsp3) is 0.125. The van der Waals surface area contributed by atoms with Crippen molar-refractivity contribution in [3.05, 3.63) is 99.1 Å². The first-order valence-electron chi connectivity index (χ1n) is 10.2. The van der Waals surface area contributed by atoms with Gasteiger partial charge >= 0.3 is 5.97 Å². The number of nitrogens with one attached hydrogen (secondary N) is 1. The van der Waals surface area contributed by atoms with Crippen LogP contribution in [0.2, 0.25) is 5.02 Å². The minimum atomic E-state index is -1.24. The van der Waals surface area contributed by atoms with Gasteiger partial charge in [-0.05, 0) is 49.5 Å². The topological polar surface area (TPSA) is 130 Å². The summed E-state index contributed by atoms with van der Waals surface area (Å²) in [6.07, 6.45) is 5.85. The Labute approximate surface area is 204 Å². The molecule has 2 heterocycles. The number of benzene rings is 1. The van der Waals surface area contributed by atoms with E-state index >= 15 is 0 Å². The maximum atomic E-state index is 13.9. The fourth-order valence-electron chi connectivity index (χ4n) is 3.20. The maximum Gasteiger partial charge on any atom is 0.354 e. The highest BCUT2D eigenvalue weighted by Crippen LogP contribution is 2.23. The second-order valence-corrected chi connectivity index (χ2v) is 7.57. The van der Waals surface area contributed by atoms with Crippen LogP contribution in [0.25, 0.3) is 11.3 Å². The first kappa shape index (κ1) is 25.5. The molecule has 3 rings (SSSR count). The number of hydrogen-bond donors (Lipinski definition) is 3. The molecule has 0 saturated carbocycles. The highest BCUT2D eigenvalue weighted by molar-refractivity contribution is 6.30. The van der Waals surface area contributed by atoms with E-state index in [0.717, 1.165) is 0 Å². The van der Waals surface area contributed by atoms with Crippen molar-refractivity contribution in [2.24, 2.45) is 4.99 Å². The molecule has 2 aromatic heterocycles. The number of carboxylic acid groups (broad SMARTS) is 1. The van der Waals surface area contributed by atoms with Crippen LogP contribution in [0.1, 0.15) is 18.5 Å². The van der Waals surface area contributed by atoms with Crippen molar-refractivity contribution in [3.63, 3.8) is 0 Å². The number of aliphatic imine (C=N–C) groups is 1. The summed E-state index contributed by atoms with van der Waals surface area (Å²) in [5, 5.41) is 21.8. The van der Waals surface area contributed by atoms with E-state index in [1.54, 1.807) is 31.2 Å². The van der Waals surface area contributed by atoms with Gasteiger partial charge in [0.25, 0.3) is 5.56 Å². The van der Waals surface area contributed by atoms with Gasteiger partial charge in [0, 0.05) is 29.7 Å². The van der Waals surface area contributed by atoms with Gasteiger partial charge in [-0.1, -0.05) is 23.7 Å². The van der Waals surface area contributed by atoms with E-state index in [4.69, 9.17) is 16.7 Å². The molecule has 0 aliphatic carbocycles. The van der Waals surface area contributed by atoms with E-state index in [-0.39, 0.29) is 16.7 Å². The summed E-state index contributed by atoms with van der Waals surface area (Å²) in [5.41, 5.74) is 0.967. The number of aromatic nitrogens is 3. The second kappa shape index (κ2) is 11.3. The largest absolute Gasteiger partial charge is 0.477 e. The molecule has 3 N–H and O–H groups in total. The predicted molar refractivity (Wildman–Crippen MR) is 131 cm³/mol. The molecule has 9 nitrogen and oxygen atoms in total. The molecule has 0 spiro atoms. The molecule has 0 radical (unpaired) electrons. The molecule has 0 aliphatic heterocycles. The van der Waals surface area contributed by atoms with Crippen LogP contribution in [0, 0.1) is 5.82 Å². The SMILES string of the molecule is C=N/C(=C\C(=C/C)Nc1nccc(-c2ccn([C@H](CO)c3ccc(Cl)c(F)c3)c(=O)c2)n1)C(=O)O. The number of rotatable bonds is 9. The van der Waals surface area contributed by atoms with Crippen LogP contribution in [-0.4, -0.2) is 44.0 Å². The van der Waals surface area contributed by atoms with Crippen molar-refractivity contribution in [3.8, 4) is 11.3 Å². The summed E-state index contributed by atoms with van der Waals surface area (Å²) in [7, 11) is 0. The summed E-state index contributed by atoms with van der Waals surface area (Å²) in [4.78, 5) is 36.0. The lowest BCUT2D eigenvalue weighted by atomic mass is 10.1. The zero-order chi connectivity index (χ0) is 25.5. The molecule has 3 aromatic rings. The first-order chi connectivity index (χ1) is 16.8. The molecule has 0 aliphatic rings. The summed E-state index contributed by atoms with van der Waals surface area (Å²) in [6, 6.07) is 7.84. The van der Waals surface area contributed by atoms with E-state index in [1.165, 1.54) is 41.2 Å². The monoisotopic (exact) mass is 497 g/mol. The molecule has 1 aromatic carbocycles. The van der Waals surface area contributed by atoms with Gasteiger partial charge in [0.05, 0.1) is 23.4 Å². The Hall–Kier alpha value is -4.15. The fourth-order valence-corrected chi connectivity index (χ4v) is 3.32. The summed E-state index contributed by atoms with van der Waals surface area (Å²) < 4.78 is 15.2. The van der Waals surface area contributed by atoms with Gasteiger partial charge in [-0.2, -0.15) is 0 Å². The van der Waals surface area contributed by atoms with Crippen LogP contribution in [0.4, 0.5) is 10.3 Å². The van der Waals surface area contributed by atoms with Crippen molar-refractivity contribution in [2.45, 2.75) is 13.0 Å². The molecule has 0 fully saturated rings. The Bertz CT molecular complexity index is 1390. The summed E-state index contributed by atoms with van der Waals surface area (Å²) >= 11 is 5.73. The number of hydrogen-bond acceptors (Lipinski definition) is 7. The lowest BCUT2D eigenvalue weighted by molar-refractivity contribution is -0.132. The average molecular weight is 498 g/mol. The first-order valence-corrected chi connectivity index (χ1v) is 10.6. The van der Waals surface area contributed by atoms with E-state index in [9.17, 15) is 19.1 Å². The number of aliphatic carboxylic acids is 1. The van der Waals surface area contributed by atoms with Gasteiger partial charge in [0.1, 0.15) is 11.5 Å². The zero-order valence-electron chi connectivity index (χ0n) is 18.5. The molecule has 1 atom stereocenters. The molecule has 0 saturated heterocycles. The van der Waals surface area contributed by atoms with Crippen LogP contribution in [0.3, 0.4) is 0 Å². The Morgan fingerprint density at radius 2 is 2.11 bits per heavy atom. The van der Waals surface area contributed by atoms with Crippen LogP contribution in [0.5, 0.6) is 0 Å². The zero-order valence-corrected chi connectivity index (χ0v) is 19.3.